The molecule has 0 bridgehead atoms. The first-order chi connectivity index (χ1) is 2.50. The van der Waals surface area contributed by atoms with E-state index in [0.29, 0.717) is 0 Å². The molecule has 0 amide bonds. The van der Waals surface area contributed by atoms with Crippen LogP contribution in [0.3, 0.4) is 0 Å². The molecule has 0 aromatic heterocycles. The second-order valence-corrected chi connectivity index (χ2v) is 1.00. The van der Waals surface area contributed by atoms with Crippen molar-refractivity contribution < 1.29 is 23.9 Å². The number of hydrogen-bond acceptors (Lipinski definition) is 0. The summed E-state index contributed by atoms with van der Waals surface area (Å²) < 4.78 is 0. The molecule has 0 radical (unpaired) electrons. The van der Waals surface area contributed by atoms with Gasteiger partial charge in [-0.25, -0.2) is 12.2 Å². The zero-order chi connectivity index (χ0) is 3.54. The molecular weight excluding hydrogens is 180 g/mol. The van der Waals surface area contributed by atoms with Gasteiger partial charge in [0.25, 0.3) is 0 Å². The molecule has 0 aromatic rings. The Bertz CT molecular complexity index is 69.7. The van der Waals surface area contributed by atoms with Crippen LogP contribution < -0.4 is 0 Å². The quantitative estimate of drug-likeness (QED) is 0.409. The second-order valence-electron chi connectivity index (χ2n) is 1.00. The van der Waals surface area contributed by atoms with Crippen LogP contribution in [0.15, 0.2) is 18.2 Å². The average Bonchev–Trinajstić information content (AvgIpc) is 1.76. The maximum atomic E-state index is 2.99. The monoisotopic (exact) mass is 195 g/mol. The number of allylic oxidation sites excluding steroid dienone is 4. The van der Waals surface area contributed by atoms with Crippen molar-refractivity contribution in [2.75, 3.05) is 0 Å². The first kappa shape index (κ1) is 15.7. The molecule has 0 spiro atoms. The van der Waals surface area contributed by atoms with E-state index in [1.807, 2.05) is 12.2 Å². The van der Waals surface area contributed by atoms with Crippen LogP contribution in [0, 0.1) is 20.9 Å². The van der Waals surface area contributed by atoms with Gasteiger partial charge in [0.1, 0.15) is 0 Å². The van der Waals surface area contributed by atoms with E-state index < -0.39 is 0 Å². The fourth-order valence-electron chi connectivity index (χ4n) is 0.340. The van der Waals surface area contributed by atoms with Crippen LogP contribution in [0.25, 0.3) is 0 Å². The van der Waals surface area contributed by atoms with Crippen molar-refractivity contribution >= 4 is 0 Å². The van der Waals surface area contributed by atoms with E-state index in [2.05, 4.69) is 12.2 Å². The Morgan fingerprint density at radius 1 is 1.38 bits per heavy atom. The smallest absolute Gasteiger partial charge is 1.00 e. The maximum Gasteiger partial charge on any atom is 2.00 e. The summed E-state index contributed by atoms with van der Waals surface area (Å²) in [5.74, 6) is 0. The van der Waals surface area contributed by atoms with Crippen LogP contribution in [0.4, 0.5) is 0 Å². The van der Waals surface area contributed by atoms with Gasteiger partial charge >= 0.3 is 21.1 Å². The van der Waals surface area contributed by atoms with Gasteiger partial charge in [-0.1, -0.05) is 0 Å². The molecular formula is C7H13Mo-3. The molecule has 8 heavy (non-hydrogen) atoms. The molecule has 0 atom stereocenters. The SMILES string of the molecule is [C-]1=CC=CC1.[CH3-].[CH3-].[H-].[H-].[Mo+2]. The van der Waals surface area contributed by atoms with Crippen molar-refractivity contribution in [1.82, 2.24) is 0 Å². The molecule has 0 saturated carbocycles. The fourth-order valence-corrected chi connectivity index (χ4v) is 0.340. The van der Waals surface area contributed by atoms with E-state index >= 15 is 0 Å². The Balaban J connectivity index is -0.0000000167. The van der Waals surface area contributed by atoms with Crippen molar-refractivity contribution in [3.05, 3.63) is 39.2 Å². The molecule has 1 aliphatic carbocycles. The Morgan fingerprint density at radius 2 is 2.00 bits per heavy atom. The molecule has 1 rings (SSSR count). The minimum atomic E-state index is 0. The molecule has 0 nitrogen and oxygen atoms in total. The van der Waals surface area contributed by atoms with Crippen LogP contribution in [-0.2, 0) is 21.1 Å². The Labute approximate surface area is 69.9 Å². The maximum absolute atomic E-state index is 2.99. The zero-order valence-electron chi connectivity index (χ0n) is 7.35. The minimum Gasteiger partial charge on any atom is -1.00 e. The molecule has 1 heteroatoms. The minimum absolute atomic E-state index is 0. The van der Waals surface area contributed by atoms with E-state index in [1.54, 1.807) is 0 Å². The third kappa shape index (κ3) is 6.17. The normalized spacial score (nSPS) is 11.0. The molecule has 0 saturated heterocycles. The average molecular weight is 193 g/mol. The van der Waals surface area contributed by atoms with Crippen molar-refractivity contribution in [3.8, 4) is 0 Å². The van der Waals surface area contributed by atoms with Gasteiger partial charge in [-0.15, -0.1) is 6.42 Å². The third-order valence-electron chi connectivity index (χ3n) is 0.586. The van der Waals surface area contributed by atoms with Crippen molar-refractivity contribution in [2.45, 2.75) is 6.42 Å². The van der Waals surface area contributed by atoms with Gasteiger partial charge in [0.15, 0.2) is 0 Å². The summed E-state index contributed by atoms with van der Waals surface area (Å²) in [7, 11) is 0. The van der Waals surface area contributed by atoms with Crippen molar-refractivity contribution in [3.63, 3.8) is 0 Å². The van der Waals surface area contributed by atoms with Gasteiger partial charge in [-0.05, 0) is 0 Å². The predicted molar refractivity (Wildman–Crippen MR) is 36.6 cm³/mol. The van der Waals surface area contributed by atoms with Gasteiger partial charge in [-0.3, -0.25) is 6.08 Å². The van der Waals surface area contributed by atoms with Gasteiger partial charge in [0, 0.05) is 0 Å². The largest absolute Gasteiger partial charge is 2.00 e. The molecule has 0 aromatic carbocycles. The van der Waals surface area contributed by atoms with Gasteiger partial charge in [0.2, 0.25) is 0 Å². The summed E-state index contributed by atoms with van der Waals surface area (Å²) in [6.07, 6.45) is 10.0. The third-order valence-corrected chi connectivity index (χ3v) is 0.586. The zero-order valence-corrected chi connectivity index (χ0v) is 7.35. The molecule has 50 valence electrons. The van der Waals surface area contributed by atoms with E-state index in [0.717, 1.165) is 6.42 Å². The summed E-state index contributed by atoms with van der Waals surface area (Å²) in [6.45, 7) is 0. The summed E-state index contributed by atoms with van der Waals surface area (Å²) in [5, 5.41) is 0. The Kier molecular flexibility index (Phi) is 20.1. The van der Waals surface area contributed by atoms with Gasteiger partial charge < -0.3 is 17.7 Å². The second kappa shape index (κ2) is 10.2. The van der Waals surface area contributed by atoms with Crippen molar-refractivity contribution in [1.29, 1.82) is 0 Å². The standard InChI is InChI=1S/C5H5.2CH3.Mo.2H/c1-2-4-5-3-1;;;;;/h1-3H,4H2;2*1H3;;;/q3*-1;+2;2*-1. The number of hydrogen-bond donors (Lipinski definition) is 0. The van der Waals surface area contributed by atoms with E-state index in [1.165, 1.54) is 0 Å². The van der Waals surface area contributed by atoms with E-state index in [9.17, 15) is 0 Å². The summed E-state index contributed by atoms with van der Waals surface area (Å²) >= 11 is 0. The van der Waals surface area contributed by atoms with Gasteiger partial charge in [-0.2, -0.15) is 6.08 Å². The number of rotatable bonds is 0. The molecule has 0 aliphatic heterocycles. The van der Waals surface area contributed by atoms with Crippen LogP contribution in [-0.4, -0.2) is 0 Å². The van der Waals surface area contributed by atoms with Gasteiger partial charge in [0.05, 0.1) is 0 Å². The predicted octanol–water partition coefficient (Wildman–Crippen LogP) is 2.43. The van der Waals surface area contributed by atoms with E-state index in [-0.39, 0.29) is 38.8 Å². The van der Waals surface area contributed by atoms with Crippen LogP contribution >= 0.6 is 0 Å². The van der Waals surface area contributed by atoms with E-state index in [4.69, 9.17) is 0 Å². The molecule has 1 aliphatic rings. The Hall–Kier alpha value is 0.168. The summed E-state index contributed by atoms with van der Waals surface area (Å²) in [5.41, 5.74) is 0. The molecule has 0 heterocycles. The summed E-state index contributed by atoms with van der Waals surface area (Å²) in [4.78, 5) is 0. The van der Waals surface area contributed by atoms with Crippen LogP contribution in [0.1, 0.15) is 9.27 Å². The summed E-state index contributed by atoms with van der Waals surface area (Å²) in [6, 6.07) is 0. The first-order valence-corrected chi connectivity index (χ1v) is 1.72. The molecule has 0 N–H and O–H groups in total. The first-order valence-electron chi connectivity index (χ1n) is 1.72. The topological polar surface area (TPSA) is 0 Å². The molecule has 0 fully saturated rings. The Morgan fingerprint density at radius 3 is 2.12 bits per heavy atom. The van der Waals surface area contributed by atoms with Crippen LogP contribution in [0.5, 0.6) is 0 Å². The molecule has 0 unspecified atom stereocenters. The fraction of sp³-hybridized carbons (Fsp3) is 0.143. The van der Waals surface area contributed by atoms with Crippen LogP contribution in [0.2, 0.25) is 0 Å². The van der Waals surface area contributed by atoms with Crippen molar-refractivity contribution in [2.24, 2.45) is 0 Å².